The Hall–Kier alpha value is -3.04. The number of hydrogen-bond acceptors (Lipinski definition) is 9. The molecular formula is C22H27N5O3S. The Morgan fingerprint density at radius 1 is 1.35 bits per heavy atom. The third-order valence-electron chi connectivity index (χ3n) is 5.03. The molecule has 0 fully saturated rings. The van der Waals surface area contributed by atoms with E-state index in [2.05, 4.69) is 15.3 Å². The van der Waals surface area contributed by atoms with Gasteiger partial charge in [-0.15, -0.1) is 11.3 Å². The summed E-state index contributed by atoms with van der Waals surface area (Å²) >= 11 is 1.63. The van der Waals surface area contributed by atoms with E-state index >= 15 is 0 Å². The SMILES string of the molecule is CC(C)Oc1cc(N)c(C=N)cc1Nc1ncnc2sc3c(c12)CCC(C=O)C3.CO. The molecule has 1 aromatic carbocycles. The van der Waals surface area contributed by atoms with Gasteiger partial charge in [-0.05, 0) is 44.7 Å². The van der Waals surface area contributed by atoms with E-state index in [4.69, 9.17) is 21.0 Å². The minimum Gasteiger partial charge on any atom is -0.489 e. The minimum atomic E-state index is -0.0274. The number of aliphatic hydroxyl groups is 1. The Balaban J connectivity index is 0.00000132. The van der Waals surface area contributed by atoms with Crippen LogP contribution in [0.3, 0.4) is 0 Å². The van der Waals surface area contributed by atoms with Crippen LogP contribution in [0.15, 0.2) is 18.5 Å². The van der Waals surface area contributed by atoms with E-state index in [1.807, 2.05) is 13.8 Å². The third kappa shape index (κ3) is 4.67. The van der Waals surface area contributed by atoms with Crippen LogP contribution in [0.25, 0.3) is 10.2 Å². The predicted octanol–water partition coefficient (Wildman–Crippen LogP) is 3.71. The summed E-state index contributed by atoms with van der Waals surface area (Å²) in [4.78, 5) is 22.3. The minimum absolute atomic E-state index is 0.0274. The Morgan fingerprint density at radius 3 is 2.81 bits per heavy atom. The van der Waals surface area contributed by atoms with Crippen molar-refractivity contribution in [2.24, 2.45) is 5.92 Å². The van der Waals surface area contributed by atoms with Crippen molar-refractivity contribution < 1.29 is 14.6 Å². The molecule has 8 nitrogen and oxygen atoms in total. The molecule has 1 unspecified atom stereocenters. The van der Waals surface area contributed by atoms with E-state index in [9.17, 15) is 4.79 Å². The number of aldehydes is 1. The first-order chi connectivity index (χ1) is 15.0. The van der Waals surface area contributed by atoms with Gasteiger partial charge in [-0.3, -0.25) is 0 Å². The number of thiophene rings is 1. The van der Waals surface area contributed by atoms with Gasteiger partial charge in [-0.2, -0.15) is 0 Å². The summed E-state index contributed by atoms with van der Waals surface area (Å²) in [5.41, 5.74) is 9.07. The zero-order chi connectivity index (χ0) is 22.5. The van der Waals surface area contributed by atoms with Gasteiger partial charge in [0.05, 0.1) is 17.2 Å². The molecule has 1 aliphatic carbocycles. The van der Waals surface area contributed by atoms with Crippen molar-refractivity contribution >= 4 is 51.2 Å². The summed E-state index contributed by atoms with van der Waals surface area (Å²) < 4.78 is 5.94. The first-order valence-corrected chi connectivity index (χ1v) is 10.8. The summed E-state index contributed by atoms with van der Waals surface area (Å²) in [6, 6.07) is 3.54. The summed E-state index contributed by atoms with van der Waals surface area (Å²) in [5, 5.41) is 19.0. The first-order valence-electron chi connectivity index (χ1n) is 10.0. The number of benzene rings is 1. The van der Waals surface area contributed by atoms with Gasteiger partial charge >= 0.3 is 0 Å². The lowest BCUT2D eigenvalue weighted by molar-refractivity contribution is -0.111. The molecule has 9 heteroatoms. The predicted molar refractivity (Wildman–Crippen MR) is 125 cm³/mol. The maximum atomic E-state index is 11.2. The summed E-state index contributed by atoms with van der Waals surface area (Å²) in [7, 11) is 1.00. The molecule has 1 aliphatic rings. The maximum absolute atomic E-state index is 11.2. The number of nitrogens with two attached hydrogens (primary N) is 1. The number of nitrogens with one attached hydrogen (secondary N) is 2. The van der Waals surface area contributed by atoms with E-state index in [1.54, 1.807) is 29.8 Å². The fourth-order valence-corrected chi connectivity index (χ4v) is 4.94. The number of carbonyl (C=O) groups is 1. The van der Waals surface area contributed by atoms with Crippen molar-refractivity contribution in [1.82, 2.24) is 9.97 Å². The summed E-state index contributed by atoms with van der Waals surface area (Å²) in [5.74, 6) is 1.39. The van der Waals surface area contributed by atoms with Gasteiger partial charge in [0.1, 0.15) is 29.0 Å². The lowest BCUT2D eigenvalue weighted by Gasteiger charge is -2.19. The van der Waals surface area contributed by atoms with Crippen LogP contribution in [-0.2, 0) is 17.6 Å². The number of hydrogen-bond donors (Lipinski definition) is 4. The van der Waals surface area contributed by atoms with Crippen molar-refractivity contribution in [3.8, 4) is 5.75 Å². The molecule has 0 radical (unpaired) electrons. The molecule has 3 aromatic rings. The van der Waals surface area contributed by atoms with Crippen LogP contribution in [0.4, 0.5) is 17.2 Å². The molecular weight excluding hydrogens is 414 g/mol. The lowest BCUT2D eigenvalue weighted by atomic mass is 9.89. The number of aromatic nitrogens is 2. The second-order valence-electron chi connectivity index (χ2n) is 7.46. The maximum Gasteiger partial charge on any atom is 0.145 e. The van der Waals surface area contributed by atoms with Gasteiger partial charge in [-0.25, -0.2) is 9.97 Å². The van der Waals surface area contributed by atoms with Crippen molar-refractivity contribution in [2.75, 3.05) is 18.2 Å². The number of rotatable bonds is 6. The van der Waals surface area contributed by atoms with Gasteiger partial charge in [0.15, 0.2) is 0 Å². The monoisotopic (exact) mass is 441 g/mol. The fourth-order valence-electron chi connectivity index (χ4n) is 3.66. The number of carbonyl (C=O) groups excluding carboxylic acids is 1. The Labute approximate surface area is 185 Å². The molecule has 4 rings (SSSR count). The van der Waals surface area contributed by atoms with Crippen LogP contribution in [0.1, 0.15) is 36.3 Å². The zero-order valence-corrected chi connectivity index (χ0v) is 18.6. The van der Waals surface area contributed by atoms with Crippen molar-refractivity contribution in [3.05, 3.63) is 34.5 Å². The number of nitrogens with zero attached hydrogens (tertiary/aromatic N) is 2. The summed E-state index contributed by atoms with van der Waals surface area (Å²) in [6.45, 7) is 3.90. The number of fused-ring (bicyclic) bond motifs is 3. The lowest BCUT2D eigenvalue weighted by Crippen LogP contribution is -2.13. The molecule has 0 saturated carbocycles. The van der Waals surface area contributed by atoms with E-state index in [1.165, 1.54) is 16.7 Å². The molecule has 0 bridgehead atoms. The van der Waals surface area contributed by atoms with Gasteiger partial charge in [0.2, 0.25) is 0 Å². The highest BCUT2D eigenvalue weighted by atomic mass is 32.1. The van der Waals surface area contributed by atoms with Crippen LogP contribution in [-0.4, -0.2) is 40.8 Å². The number of anilines is 3. The van der Waals surface area contributed by atoms with Gasteiger partial charge in [0.25, 0.3) is 0 Å². The Morgan fingerprint density at radius 2 is 2.13 bits per heavy atom. The molecule has 0 saturated heterocycles. The largest absolute Gasteiger partial charge is 0.489 e. The summed E-state index contributed by atoms with van der Waals surface area (Å²) in [6.07, 6.45) is 6.24. The second-order valence-corrected chi connectivity index (χ2v) is 8.54. The van der Waals surface area contributed by atoms with E-state index in [-0.39, 0.29) is 12.0 Å². The van der Waals surface area contributed by atoms with Crippen molar-refractivity contribution in [3.63, 3.8) is 0 Å². The molecule has 2 heterocycles. The molecule has 2 aromatic heterocycles. The van der Waals surface area contributed by atoms with Crippen LogP contribution in [0.5, 0.6) is 5.75 Å². The molecule has 1 atom stereocenters. The fraction of sp³-hybridized carbons (Fsp3) is 0.364. The molecule has 0 aliphatic heterocycles. The van der Waals surface area contributed by atoms with Crippen LogP contribution in [0, 0.1) is 11.3 Å². The van der Waals surface area contributed by atoms with Crippen LogP contribution >= 0.6 is 11.3 Å². The van der Waals surface area contributed by atoms with Crippen LogP contribution in [0.2, 0.25) is 0 Å². The third-order valence-corrected chi connectivity index (χ3v) is 6.19. The molecule has 0 spiro atoms. The molecule has 5 N–H and O–H groups in total. The zero-order valence-electron chi connectivity index (χ0n) is 17.8. The highest BCUT2D eigenvalue weighted by Gasteiger charge is 2.25. The highest BCUT2D eigenvalue weighted by Crippen LogP contribution is 2.41. The molecule has 31 heavy (non-hydrogen) atoms. The average molecular weight is 442 g/mol. The standard InChI is InChI=1S/C21H23N5O2S.CH4O/c1-11(2)28-17-7-15(23)13(8-22)6-16(17)26-20-19-14-4-3-12(9-27)5-18(14)29-21(19)25-10-24-20;1-2/h6-12,22H,3-5,23H2,1-2H3,(H,24,25,26);2H,1H3. The quantitative estimate of drug-likeness (QED) is 0.260. The smallest absolute Gasteiger partial charge is 0.145 e. The normalized spacial score (nSPS) is 15.1. The van der Waals surface area contributed by atoms with Crippen molar-refractivity contribution in [2.45, 2.75) is 39.2 Å². The van der Waals surface area contributed by atoms with E-state index < -0.39 is 0 Å². The number of ether oxygens (including phenoxy) is 1. The topological polar surface area (TPSA) is 134 Å². The van der Waals surface area contributed by atoms with Gasteiger partial charge in [0, 0.05) is 41.4 Å². The van der Waals surface area contributed by atoms with Gasteiger partial charge < -0.3 is 31.1 Å². The second kappa shape index (κ2) is 9.84. The Bertz CT molecular complexity index is 1100. The van der Waals surface area contributed by atoms with E-state index in [0.29, 0.717) is 28.5 Å². The first kappa shape index (κ1) is 22.6. The number of nitrogen functional groups attached to an aromatic ring is 1. The number of aryl methyl sites for hydroxylation is 1. The Kier molecular flexibility index (Phi) is 7.19. The highest BCUT2D eigenvalue weighted by molar-refractivity contribution is 7.19. The van der Waals surface area contributed by atoms with Gasteiger partial charge in [-0.1, -0.05) is 0 Å². The molecule has 164 valence electrons. The van der Waals surface area contributed by atoms with Crippen LogP contribution < -0.4 is 15.8 Å². The van der Waals surface area contributed by atoms with E-state index in [0.717, 1.165) is 42.9 Å². The van der Waals surface area contributed by atoms with Crippen molar-refractivity contribution in [1.29, 1.82) is 5.41 Å². The average Bonchev–Trinajstić information content (AvgIpc) is 3.15. The number of aliphatic hydroxyl groups excluding tert-OH is 1. The molecule has 0 amide bonds.